The highest BCUT2D eigenvalue weighted by atomic mass is 35.5. The number of hydrogen-bond donors (Lipinski definition) is 1. The molecular formula is C16H20ClN5O2. The summed E-state index contributed by atoms with van der Waals surface area (Å²) >= 11 is 6.18. The number of aryl methyl sites for hydroxylation is 1. The molecule has 1 fully saturated rings. The van der Waals surface area contributed by atoms with Crippen LogP contribution in [0.15, 0.2) is 23.3 Å². The van der Waals surface area contributed by atoms with Gasteiger partial charge in [0.15, 0.2) is 5.69 Å². The van der Waals surface area contributed by atoms with Crippen molar-refractivity contribution in [1.29, 1.82) is 0 Å². The fourth-order valence-corrected chi connectivity index (χ4v) is 3.30. The number of halogens is 1. The molecule has 0 aromatic carbocycles. The molecule has 8 heteroatoms. The molecule has 2 aromatic rings. The van der Waals surface area contributed by atoms with Crippen LogP contribution in [0.3, 0.4) is 0 Å². The zero-order chi connectivity index (χ0) is 17.1. The van der Waals surface area contributed by atoms with E-state index in [2.05, 4.69) is 15.1 Å². The first-order valence-corrected chi connectivity index (χ1v) is 8.53. The summed E-state index contributed by atoms with van der Waals surface area (Å²) in [4.78, 5) is 32.3. The largest absolute Gasteiger partial charge is 0.345 e. The molecule has 1 saturated heterocycles. The summed E-state index contributed by atoms with van der Waals surface area (Å²) in [5.74, 6) is -0.0640. The molecule has 24 heavy (non-hydrogen) atoms. The van der Waals surface area contributed by atoms with E-state index in [-0.39, 0.29) is 17.5 Å². The van der Waals surface area contributed by atoms with Crippen LogP contribution in [-0.2, 0) is 6.54 Å². The number of carbonyl (C=O) groups excluding carboxylic acids is 1. The van der Waals surface area contributed by atoms with E-state index >= 15 is 0 Å². The highest BCUT2D eigenvalue weighted by Gasteiger charge is 2.28. The summed E-state index contributed by atoms with van der Waals surface area (Å²) in [6.45, 7) is 3.98. The first-order valence-electron chi connectivity index (χ1n) is 8.16. The number of hydrogen-bond acceptors (Lipinski definition) is 4. The van der Waals surface area contributed by atoms with Gasteiger partial charge in [0, 0.05) is 43.6 Å². The number of rotatable bonds is 4. The van der Waals surface area contributed by atoms with Gasteiger partial charge in [-0.3, -0.25) is 9.48 Å². The van der Waals surface area contributed by atoms with Crippen LogP contribution in [0.4, 0.5) is 0 Å². The Morgan fingerprint density at radius 2 is 2.33 bits per heavy atom. The number of aromatic nitrogens is 4. The van der Waals surface area contributed by atoms with Crippen molar-refractivity contribution in [3.05, 3.63) is 45.4 Å². The van der Waals surface area contributed by atoms with Crippen molar-refractivity contribution in [1.82, 2.24) is 24.6 Å². The van der Waals surface area contributed by atoms with E-state index in [1.807, 2.05) is 6.92 Å². The van der Waals surface area contributed by atoms with Gasteiger partial charge < -0.3 is 9.88 Å². The minimum absolute atomic E-state index is 0.0925. The molecule has 1 aliphatic rings. The molecule has 3 rings (SSSR count). The second-order valence-corrected chi connectivity index (χ2v) is 6.42. The monoisotopic (exact) mass is 349 g/mol. The third-order valence-electron chi connectivity index (χ3n) is 4.22. The lowest BCUT2D eigenvalue weighted by molar-refractivity contribution is 0.0699. The molecule has 0 unspecified atom stereocenters. The molecule has 1 aliphatic heterocycles. The number of carbonyl (C=O) groups is 1. The maximum atomic E-state index is 12.8. The standard InChI is InChI=1S/C16H20ClN5O2/c1-2-7-22-10-12(17)14(20-22)15(23)21-8-3-4-11(9-21)13-5-6-18-16(24)19-13/h5-6,10-11H,2-4,7-9H2,1H3,(H,18,19,24)/t11-/m0/s1. The van der Waals surface area contributed by atoms with Gasteiger partial charge in [-0.15, -0.1) is 0 Å². The Hall–Kier alpha value is -2.15. The van der Waals surface area contributed by atoms with E-state index in [0.29, 0.717) is 23.8 Å². The molecular weight excluding hydrogens is 330 g/mol. The Morgan fingerprint density at radius 3 is 3.08 bits per heavy atom. The second-order valence-electron chi connectivity index (χ2n) is 6.01. The molecule has 0 bridgehead atoms. The molecule has 1 atom stereocenters. The van der Waals surface area contributed by atoms with Crippen LogP contribution >= 0.6 is 11.6 Å². The fraction of sp³-hybridized carbons (Fsp3) is 0.500. The number of nitrogens with one attached hydrogen (secondary N) is 1. The maximum absolute atomic E-state index is 12.8. The number of aromatic amines is 1. The van der Waals surface area contributed by atoms with Gasteiger partial charge in [0.2, 0.25) is 0 Å². The Bertz CT molecular complexity index is 785. The fourth-order valence-electron chi connectivity index (χ4n) is 3.07. The number of piperidine rings is 1. The smallest absolute Gasteiger partial charge is 0.337 e. The van der Waals surface area contributed by atoms with Crippen LogP contribution in [0.2, 0.25) is 5.02 Å². The first-order chi connectivity index (χ1) is 11.6. The summed E-state index contributed by atoms with van der Waals surface area (Å²) in [7, 11) is 0. The molecule has 128 valence electrons. The van der Waals surface area contributed by atoms with Gasteiger partial charge in [-0.1, -0.05) is 18.5 Å². The molecule has 1 amide bonds. The van der Waals surface area contributed by atoms with Crippen LogP contribution in [-0.4, -0.2) is 43.6 Å². The molecule has 2 aromatic heterocycles. The lowest BCUT2D eigenvalue weighted by Gasteiger charge is -2.32. The molecule has 0 aliphatic carbocycles. The number of H-pyrrole nitrogens is 1. The topological polar surface area (TPSA) is 83.9 Å². The molecule has 3 heterocycles. The lowest BCUT2D eigenvalue weighted by atomic mass is 9.94. The van der Waals surface area contributed by atoms with E-state index in [1.54, 1.807) is 21.8 Å². The van der Waals surface area contributed by atoms with E-state index < -0.39 is 0 Å². The lowest BCUT2D eigenvalue weighted by Crippen LogP contribution is -2.40. The van der Waals surface area contributed by atoms with Crippen molar-refractivity contribution in [3.63, 3.8) is 0 Å². The number of nitrogens with zero attached hydrogens (tertiary/aromatic N) is 4. The SMILES string of the molecule is CCCn1cc(Cl)c(C(=O)N2CCC[C@H](c3ccnc(=O)[nH]3)C2)n1. The van der Waals surface area contributed by atoms with Crippen molar-refractivity contribution >= 4 is 17.5 Å². The van der Waals surface area contributed by atoms with Gasteiger partial charge in [-0.05, 0) is 25.3 Å². The van der Waals surface area contributed by atoms with Gasteiger partial charge in [0.25, 0.3) is 5.91 Å². The zero-order valence-corrected chi connectivity index (χ0v) is 14.3. The van der Waals surface area contributed by atoms with Gasteiger partial charge in [0.05, 0.1) is 5.02 Å². The summed E-state index contributed by atoms with van der Waals surface area (Å²) in [5.41, 5.74) is 0.751. The average Bonchev–Trinajstić information content (AvgIpc) is 2.95. The van der Waals surface area contributed by atoms with E-state index in [1.165, 1.54) is 6.20 Å². The first kappa shape index (κ1) is 16.7. The van der Waals surface area contributed by atoms with Crippen LogP contribution in [0.25, 0.3) is 0 Å². The third-order valence-corrected chi connectivity index (χ3v) is 4.49. The van der Waals surface area contributed by atoms with E-state index in [4.69, 9.17) is 11.6 Å². The normalized spacial score (nSPS) is 17.9. The van der Waals surface area contributed by atoms with Crippen LogP contribution < -0.4 is 5.69 Å². The summed E-state index contributed by atoms with van der Waals surface area (Å²) < 4.78 is 1.71. The highest BCUT2D eigenvalue weighted by Crippen LogP contribution is 2.26. The number of likely N-dealkylation sites (tertiary alicyclic amines) is 1. The Morgan fingerprint density at radius 1 is 1.50 bits per heavy atom. The molecule has 1 N–H and O–H groups in total. The van der Waals surface area contributed by atoms with Gasteiger partial charge in [0.1, 0.15) is 0 Å². The predicted octanol–water partition coefficient (Wildman–Crippen LogP) is 2.05. The van der Waals surface area contributed by atoms with Gasteiger partial charge in [-0.25, -0.2) is 9.78 Å². The summed E-state index contributed by atoms with van der Waals surface area (Å²) in [5, 5.41) is 4.69. The van der Waals surface area contributed by atoms with Crippen molar-refractivity contribution < 1.29 is 4.79 Å². The minimum Gasteiger partial charge on any atom is -0.337 e. The molecule has 0 saturated carbocycles. The third kappa shape index (κ3) is 3.51. The second kappa shape index (κ2) is 7.17. The number of amides is 1. The van der Waals surface area contributed by atoms with Crippen molar-refractivity contribution in [3.8, 4) is 0 Å². The van der Waals surface area contributed by atoms with E-state index in [0.717, 1.165) is 31.5 Å². The van der Waals surface area contributed by atoms with Crippen LogP contribution in [0, 0.1) is 0 Å². The predicted molar refractivity (Wildman–Crippen MR) is 90.3 cm³/mol. The Labute approximate surface area is 144 Å². The van der Waals surface area contributed by atoms with Crippen LogP contribution in [0.1, 0.15) is 48.3 Å². The summed E-state index contributed by atoms with van der Waals surface area (Å²) in [6, 6.07) is 1.79. The average molecular weight is 350 g/mol. The quantitative estimate of drug-likeness (QED) is 0.915. The summed E-state index contributed by atoms with van der Waals surface area (Å²) in [6.07, 6.45) is 5.90. The van der Waals surface area contributed by atoms with Crippen molar-refractivity contribution in [2.75, 3.05) is 13.1 Å². The van der Waals surface area contributed by atoms with Crippen LogP contribution in [0.5, 0.6) is 0 Å². The Balaban J connectivity index is 1.77. The van der Waals surface area contributed by atoms with Gasteiger partial charge >= 0.3 is 5.69 Å². The Kier molecular flexibility index (Phi) is 4.99. The minimum atomic E-state index is -0.364. The van der Waals surface area contributed by atoms with Crippen molar-refractivity contribution in [2.24, 2.45) is 0 Å². The van der Waals surface area contributed by atoms with Crippen molar-refractivity contribution in [2.45, 2.75) is 38.6 Å². The molecule has 7 nitrogen and oxygen atoms in total. The zero-order valence-electron chi connectivity index (χ0n) is 13.5. The van der Waals surface area contributed by atoms with Gasteiger partial charge in [-0.2, -0.15) is 5.10 Å². The maximum Gasteiger partial charge on any atom is 0.345 e. The van der Waals surface area contributed by atoms with E-state index in [9.17, 15) is 9.59 Å². The molecule has 0 radical (unpaired) electrons. The molecule has 0 spiro atoms. The highest BCUT2D eigenvalue weighted by molar-refractivity contribution is 6.33.